The molecule has 4 nitrogen and oxygen atoms in total. The third-order valence-corrected chi connectivity index (χ3v) is 5.80. The minimum atomic E-state index is -3.02. The molecule has 2 atom stereocenters. The lowest BCUT2D eigenvalue weighted by atomic mass is 10.0. The second-order valence-electron chi connectivity index (χ2n) is 4.95. The summed E-state index contributed by atoms with van der Waals surface area (Å²) in [5.74, 6) is 2.74. The van der Waals surface area contributed by atoms with Crippen LogP contribution in [0.5, 0.6) is 0 Å². The molecule has 0 saturated carbocycles. The van der Waals surface area contributed by atoms with Crippen molar-refractivity contribution in [1.82, 2.24) is 4.31 Å². The molecular formula is C11H23NO3S2. The summed E-state index contributed by atoms with van der Waals surface area (Å²) in [6, 6.07) is 0. The molecule has 0 radical (unpaired) electrons. The van der Waals surface area contributed by atoms with Crippen LogP contribution in [0.3, 0.4) is 0 Å². The van der Waals surface area contributed by atoms with E-state index in [0.717, 1.165) is 24.3 Å². The van der Waals surface area contributed by atoms with E-state index in [1.807, 2.05) is 18.7 Å². The molecule has 102 valence electrons. The molecule has 17 heavy (non-hydrogen) atoms. The molecule has 1 aliphatic rings. The molecule has 0 aromatic heterocycles. The van der Waals surface area contributed by atoms with Crippen LogP contribution in [0.4, 0.5) is 0 Å². The summed E-state index contributed by atoms with van der Waals surface area (Å²) in [5.41, 5.74) is 0. The first-order valence-electron chi connectivity index (χ1n) is 6.07. The molecular weight excluding hydrogens is 258 g/mol. The number of piperidine rings is 1. The van der Waals surface area contributed by atoms with Gasteiger partial charge >= 0.3 is 0 Å². The summed E-state index contributed by atoms with van der Waals surface area (Å²) in [4.78, 5) is 0. The molecule has 0 aliphatic carbocycles. The van der Waals surface area contributed by atoms with E-state index < -0.39 is 10.0 Å². The number of rotatable bonds is 6. The first kappa shape index (κ1) is 15.3. The Kier molecular flexibility index (Phi) is 6.26. The molecule has 2 unspecified atom stereocenters. The van der Waals surface area contributed by atoms with E-state index >= 15 is 0 Å². The summed E-state index contributed by atoms with van der Waals surface area (Å²) in [7, 11) is -3.02. The SMILES string of the molecule is CC(CO)CSCC1CCCN(S(C)(=O)=O)C1. The topological polar surface area (TPSA) is 57.6 Å². The van der Waals surface area contributed by atoms with Crippen molar-refractivity contribution in [3.8, 4) is 0 Å². The highest BCUT2D eigenvalue weighted by atomic mass is 32.2. The van der Waals surface area contributed by atoms with E-state index in [2.05, 4.69) is 0 Å². The second kappa shape index (κ2) is 6.97. The second-order valence-corrected chi connectivity index (χ2v) is 8.01. The molecule has 0 amide bonds. The Morgan fingerprint density at radius 2 is 2.24 bits per heavy atom. The molecule has 1 heterocycles. The fourth-order valence-electron chi connectivity index (χ4n) is 1.95. The van der Waals surface area contributed by atoms with Crippen LogP contribution >= 0.6 is 11.8 Å². The van der Waals surface area contributed by atoms with Crippen LogP contribution < -0.4 is 0 Å². The van der Waals surface area contributed by atoms with Crippen LogP contribution in [0.1, 0.15) is 19.8 Å². The maximum absolute atomic E-state index is 11.4. The number of hydrogen-bond acceptors (Lipinski definition) is 4. The Labute approximate surface area is 109 Å². The highest BCUT2D eigenvalue weighted by Crippen LogP contribution is 2.23. The molecule has 1 rings (SSSR count). The Hall–Kier alpha value is 0.220. The van der Waals surface area contributed by atoms with Crippen LogP contribution in [-0.4, -0.2) is 55.3 Å². The van der Waals surface area contributed by atoms with Crippen molar-refractivity contribution in [2.24, 2.45) is 11.8 Å². The predicted octanol–water partition coefficient (Wildman–Crippen LogP) is 1.02. The van der Waals surface area contributed by atoms with Crippen molar-refractivity contribution in [3.05, 3.63) is 0 Å². The lowest BCUT2D eigenvalue weighted by Gasteiger charge is -2.30. The standard InChI is InChI=1S/C11H23NO3S2/c1-10(7-13)8-16-9-11-4-3-5-12(6-11)17(2,14)15/h10-11,13H,3-9H2,1-2H3. The van der Waals surface area contributed by atoms with Crippen molar-refractivity contribution in [2.45, 2.75) is 19.8 Å². The number of nitrogens with zero attached hydrogens (tertiary/aromatic N) is 1. The van der Waals surface area contributed by atoms with E-state index in [1.165, 1.54) is 6.26 Å². The molecule has 0 bridgehead atoms. The highest BCUT2D eigenvalue weighted by Gasteiger charge is 2.25. The smallest absolute Gasteiger partial charge is 0.211 e. The average Bonchev–Trinajstić information content (AvgIpc) is 2.28. The molecule has 0 aromatic rings. The maximum atomic E-state index is 11.4. The quantitative estimate of drug-likeness (QED) is 0.790. The highest BCUT2D eigenvalue weighted by molar-refractivity contribution is 7.99. The lowest BCUT2D eigenvalue weighted by molar-refractivity contribution is 0.250. The zero-order valence-electron chi connectivity index (χ0n) is 10.6. The Balaban J connectivity index is 2.30. The number of aliphatic hydroxyl groups excluding tert-OH is 1. The van der Waals surface area contributed by atoms with Crippen molar-refractivity contribution in [3.63, 3.8) is 0 Å². The summed E-state index contributed by atoms with van der Waals surface area (Å²) < 4.78 is 24.5. The largest absolute Gasteiger partial charge is 0.396 e. The van der Waals surface area contributed by atoms with Crippen molar-refractivity contribution in [2.75, 3.05) is 37.5 Å². The Bertz CT molecular complexity index is 319. The van der Waals surface area contributed by atoms with Crippen LogP contribution in [0.15, 0.2) is 0 Å². The van der Waals surface area contributed by atoms with Crippen molar-refractivity contribution in [1.29, 1.82) is 0 Å². The molecule has 1 fully saturated rings. The summed E-state index contributed by atoms with van der Waals surface area (Å²) in [5, 5.41) is 8.92. The fraction of sp³-hybridized carbons (Fsp3) is 1.00. The first-order chi connectivity index (χ1) is 7.93. The van der Waals surface area contributed by atoms with Gasteiger partial charge in [0.05, 0.1) is 6.26 Å². The molecule has 0 spiro atoms. The van der Waals surface area contributed by atoms with Gasteiger partial charge in [0.2, 0.25) is 10.0 Å². The van der Waals surface area contributed by atoms with E-state index in [4.69, 9.17) is 5.11 Å². The fourth-order valence-corrected chi connectivity index (χ4v) is 4.14. The molecule has 1 saturated heterocycles. The van der Waals surface area contributed by atoms with Crippen molar-refractivity contribution < 1.29 is 13.5 Å². The van der Waals surface area contributed by atoms with Crippen LogP contribution in [-0.2, 0) is 10.0 Å². The maximum Gasteiger partial charge on any atom is 0.211 e. The predicted molar refractivity (Wildman–Crippen MR) is 72.7 cm³/mol. The third-order valence-electron chi connectivity index (χ3n) is 3.02. The summed E-state index contributed by atoms with van der Waals surface area (Å²) >= 11 is 1.82. The van der Waals surface area contributed by atoms with Crippen LogP contribution in [0, 0.1) is 11.8 Å². The Morgan fingerprint density at radius 3 is 2.82 bits per heavy atom. The Morgan fingerprint density at radius 1 is 1.53 bits per heavy atom. The normalized spacial score (nSPS) is 24.8. The van der Waals surface area contributed by atoms with E-state index in [-0.39, 0.29) is 6.61 Å². The van der Waals surface area contributed by atoms with E-state index in [1.54, 1.807) is 4.31 Å². The minimum Gasteiger partial charge on any atom is -0.396 e. The molecule has 0 aromatic carbocycles. The van der Waals surface area contributed by atoms with E-state index in [9.17, 15) is 8.42 Å². The van der Waals surface area contributed by atoms with Gasteiger partial charge in [-0.1, -0.05) is 6.92 Å². The van der Waals surface area contributed by atoms with Gasteiger partial charge in [-0.05, 0) is 36.2 Å². The molecule has 1 aliphatic heterocycles. The van der Waals surface area contributed by atoms with Gasteiger partial charge in [0.25, 0.3) is 0 Å². The minimum absolute atomic E-state index is 0.229. The van der Waals surface area contributed by atoms with Gasteiger partial charge < -0.3 is 5.11 Å². The van der Waals surface area contributed by atoms with Gasteiger partial charge in [0.15, 0.2) is 0 Å². The number of hydrogen-bond donors (Lipinski definition) is 1. The van der Waals surface area contributed by atoms with Crippen LogP contribution in [0.25, 0.3) is 0 Å². The number of sulfonamides is 1. The average molecular weight is 281 g/mol. The molecule has 1 N–H and O–H groups in total. The zero-order chi connectivity index (χ0) is 12.9. The van der Waals surface area contributed by atoms with E-state index in [0.29, 0.717) is 24.9 Å². The number of thioether (sulfide) groups is 1. The lowest BCUT2D eigenvalue weighted by Crippen LogP contribution is -2.40. The first-order valence-corrected chi connectivity index (χ1v) is 9.07. The van der Waals surface area contributed by atoms with Gasteiger partial charge in [-0.3, -0.25) is 0 Å². The summed E-state index contributed by atoms with van der Waals surface area (Å²) in [6.07, 6.45) is 3.37. The van der Waals surface area contributed by atoms with Gasteiger partial charge in [0.1, 0.15) is 0 Å². The van der Waals surface area contributed by atoms with Gasteiger partial charge in [-0.2, -0.15) is 11.8 Å². The van der Waals surface area contributed by atoms with Gasteiger partial charge in [-0.25, -0.2) is 12.7 Å². The number of aliphatic hydroxyl groups is 1. The van der Waals surface area contributed by atoms with Gasteiger partial charge in [0, 0.05) is 19.7 Å². The van der Waals surface area contributed by atoms with Crippen LogP contribution in [0.2, 0.25) is 0 Å². The zero-order valence-corrected chi connectivity index (χ0v) is 12.3. The van der Waals surface area contributed by atoms with Gasteiger partial charge in [-0.15, -0.1) is 0 Å². The third kappa shape index (κ3) is 5.59. The monoisotopic (exact) mass is 281 g/mol. The molecule has 6 heteroatoms. The van der Waals surface area contributed by atoms with Crippen molar-refractivity contribution >= 4 is 21.8 Å². The summed E-state index contributed by atoms with van der Waals surface area (Å²) in [6.45, 7) is 3.59.